The van der Waals surface area contributed by atoms with Gasteiger partial charge in [0.15, 0.2) is 12.6 Å². The first kappa shape index (κ1) is 12.7. The van der Waals surface area contributed by atoms with Crippen LogP contribution in [-0.2, 0) is 23.7 Å². The number of ether oxygens (including phenoxy) is 5. The third-order valence-electron chi connectivity index (χ3n) is 4.09. The Balaban J connectivity index is 1.51. The largest absolute Gasteiger partial charge is 0.366 e. The number of methoxy groups -OCH3 is 1. The molecule has 3 aliphatic rings. The Morgan fingerprint density at radius 3 is 2.60 bits per heavy atom. The molecule has 0 radical (unpaired) electrons. The van der Waals surface area contributed by atoms with Gasteiger partial charge < -0.3 is 23.7 Å². The van der Waals surface area contributed by atoms with Gasteiger partial charge in [0.05, 0.1) is 12.7 Å². The molecule has 0 bridgehead atoms. The molecule has 5 nitrogen and oxygen atoms in total. The van der Waals surface area contributed by atoms with Crippen molar-refractivity contribution in [3.8, 4) is 0 Å². The smallest absolute Gasteiger partial charge is 0.184 e. The first-order chi connectivity index (χ1) is 9.85. The third-order valence-corrected chi connectivity index (χ3v) is 4.09. The van der Waals surface area contributed by atoms with Gasteiger partial charge in [0.1, 0.15) is 18.3 Å². The van der Waals surface area contributed by atoms with E-state index in [9.17, 15) is 0 Å². The van der Waals surface area contributed by atoms with Gasteiger partial charge in [0, 0.05) is 19.1 Å². The zero-order valence-corrected chi connectivity index (χ0v) is 11.3. The summed E-state index contributed by atoms with van der Waals surface area (Å²) in [5, 5.41) is 0. The van der Waals surface area contributed by atoms with Crippen LogP contribution in [0.1, 0.15) is 18.3 Å². The predicted molar refractivity (Wildman–Crippen MR) is 69.0 cm³/mol. The molecule has 0 aliphatic carbocycles. The second kappa shape index (κ2) is 5.09. The Morgan fingerprint density at radius 1 is 1.00 bits per heavy atom. The molecule has 6 atom stereocenters. The van der Waals surface area contributed by atoms with E-state index in [2.05, 4.69) is 0 Å². The second-order valence-electron chi connectivity index (χ2n) is 5.39. The van der Waals surface area contributed by atoms with Gasteiger partial charge in [-0.25, -0.2) is 0 Å². The highest BCUT2D eigenvalue weighted by molar-refractivity contribution is 5.17. The van der Waals surface area contributed by atoms with Crippen LogP contribution < -0.4 is 0 Å². The Hall–Kier alpha value is -0.980. The minimum atomic E-state index is -0.343. The first-order valence-corrected chi connectivity index (χ1v) is 7.01. The fourth-order valence-electron chi connectivity index (χ4n) is 2.96. The molecule has 108 valence electrons. The molecule has 1 aromatic rings. The number of rotatable bonds is 2. The van der Waals surface area contributed by atoms with Crippen molar-refractivity contribution in [2.75, 3.05) is 13.7 Å². The van der Waals surface area contributed by atoms with Crippen LogP contribution in [0.15, 0.2) is 30.3 Å². The lowest BCUT2D eigenvalue weighted by Crippen LogP contribution is -2.45. The van der Waals surface area contributed by atoms with Crippen LogP contribution in [0.3, 0.4) is 0 Å². The van der Waals surface area contributed by atoms with Gasteiger partial charge in [-0.3, -0.25) is 0 Å². The van der Waals surface area contributed by atoms with Crippen LogP contribution in [0.5, 0.6) is 0 Å². The van der Waals surface area contributed by atoms with Crippen molar-refractivity contribution < 1.29 is 23.7 Å². The van der Waals surface area contributed by atoms with Gasteiger partial charge in [0.2, 0.25) is 0 Å². The van der Waals surface area contributed by atoms with E-state index >= 15 is 0 Å². The zero-order valence-electron chi connectivity index (χ0n) is 11.3. The zero-order chi connectivity index (χ0) is 13.5. The predicted octanol–water partition coefficient (Wildman–Crippen LogP) is 1.63. The molecule has 0 N–H and O–H groups in total. The van der Waals surface area contributed by atoms with E-state index in [0.29, 0.717) is 6.61 Å². The number of fused-ring (bicyclic) bond motifs is 3. The monoisotopic (exact) mass is 278 g/mol. The van der Waals surface area contributed by atoms with Gasteiger partial charge in [0.25, 0.3) is 0 Å². The Kier molecular flexibility index (Phi) is 3.24. The number of hydrogen-bond donors (Lipinski definition) is 0. The maximum absolute atomic E-state index is 6.08. The minimum absolute atomic E-state index is 0.0842. The van der Waals surface area contributed by atoms with Crippen LogP contribution in [0.4, 0.5) is 0 Å². The normalized spacial score (nSPS) is 43.2. The molecule has 3 heterocycles. The number of epoxide rings is 1. The summed E-state index contributed by atoms with van der Waals surface area (Å²) in [4.78, 5) is 0. The lowest BCUT2D eigenvalue weighted by molar-refractivity contribution is -0.293. The van der Waals surface area contributed by atoms with E-state index in [4.69, 9.17) is 23.7 Å². The average Bonchev–Trinajstić information content (AvgIpc) is 3.27. The van der Waals surface area contributed by atoms with Gasteiger partial charge in [-0.05, 0) is 0 Å². The van der Waals surface area contributed by atoms with Gasteiger partial charge in [-0.1, -0.05) is 30.3 Å². The summed E-state index contributed by atoms with van der Waals surface area (Å²) in [5.41, 5.74) is 1.02. The van der Waals surface area contributed by atoms with E-state index in [1.54, 1.807) is 7.11 Å². The van der Waals surface area contributed by atoms with E-state index < -0.39 is 0 Å². The molecule has 0 saturated carbocycles. The lowest BCUT2D eigenvalue weighted by Gasteiger charge is -2.36. The standard InChI is InChI=1S/C15H18O5/c1-16-12-7-10-13(19-10)14-11(18-12)8-17-15(20-14)9-5-3-2-4-6-9/h2-6,10-15H,7-8H2,1H3. The molecular weight excluding hydrogens is 260 g/mol. The summed E-state index contributed by atoms with van der Waals surface area (Å²) in [6.07, 6.45) is 0.259. The maximum atomic E-state index is 6.08. The molecule has 0 spiro atoms. The Morgan fingerprint density at radius 2 is 1.80 bits per heavy atom. The highest BCUT2D eigenvalue weighted by Gasteiger charge is 2.55. The van der Waals surface area contributed by atoms with Crippen LogP contribution in [-0.4, -0.2) is 44.4 Å². The number of hydrogen-bond acceptors (Lipinski definition) is 5. The summed E-state index contributed by atoms with van der Waals surface area (Å²) in [5.74, 6) is 0. The van der Waals surface area contributed by atoms with Crippen LogP contribution in [0.2, 0.25) is 0 Å². The van der Waals surface area contributed by atoms with Crippen molar-refractivity contribution in [2.24, 2.45) is 0 Å². The molecule has 0 amide bonds. The third kappa shape index (κ3) is 2.25. The molecule has 0 aromatic heterocycles. The molecule has 3 fully saturated rings. The second-order valence-corrected chi connectivity index (χ2v) is 5.39. The highest BCUT2D eigenvalue weighted by atomic mass is 16.8. The summed E-state index contributed by atoms with van der Waals surface area (Å²) >= 11 is 0. The summed E-state index contributed by atoms with van der Waals surface area (Å²) < 4.78 is 28.8. The fourth-order valence-corrected chi connectivity index (χ4v) is 2.96. The molecule has 1 aromatic carbocycles. The fraction of sp³-hybridized carbons (Fsp3) is 0.600. The minimum Gasteiger partial charge on any atom is -0.366 e. The van der Waals surface area contributed by atoms with Crippen LogP contribution in [0, 0.1) is 0 Å². The van der Waals surface area contributed by atoms with Crippen molar-refractivity contribution >= 4 is 0 Å². The molecule has 4 rings (SSSR count). The van der Waals surface area contributed by atoms with Crippen molar-refractivity contribution in [1.82, 2.24) is 0 Å². The Labute approximate surface area is 117 Å². The molecular formula is C15H18O5. The molecule has 3 saturated heterocycles. The van der Waals surface area contributed by atoms with E-state index in [1.165, 1.54) is 0 Å². The maximum Gasteiger partial charge on any atom is 0.184 e. The van der Waals surface area contributed by atoms with E-state index in [1.807, 2.05) is 30.3 Å². The Bertz CT molecular complexity index is 465. The van der Waals surface area contributed by atoms with Crippen LogP contribution in [0.25, 0.3) is 0 Å². The van der Waals surface area contributed by atoms with Crippen molar-refractivity contribution in [3.05, 3.63) is 35.9 Å². The van der Waals surface area contributed by atoms with Crippen molar-refractivity contribution in [3.63, 3.8) is 0 Å². The SMILES string of the molecule is COC1CC2OC2C2OC(c3ccccc3)OCC2O1. The van der Waals surface area contributed by atoms with Gasteiger partial charge in [-0.2, -0.15) is 0 Å². The van der Waals surface area contributed by atoms with Crippen molar-refractivity contribution in [2.45, 2.75) is 43.4 Å². The lowest BCUT2D eigenvalue weighted by atomic mass is 10.1. The number of benzene rings is 1. The molecule has 20 heavy (non-hydrogen) atoms. The summed E-state index contributed by atoms with van der Waals surface area (Å²) in [6.45, 7) is 0.497. The average molecular weight is 278 g/mol. The first-order valence-electron chi connectivity index (χ1n) is 7.01. The topological polar surface area (TPSA) is 49.5 Å². The molecule has 5 heteroatoms. The van der Waals surface area contributed by atoms with Gasteiger partial charge in [-0.15, -0.1) is 0 Å². The van der Waals surface area contributed by atoms with Crippen LogP contribution >= 0.6 is 0 Å². The molecule has 6 unspecified atom stereocenters. The summed E-state index contributed by atoms with van der Waals surface area (Å²) in [6, 6.07) is 9.95. The van der Waals surface area contributed by atoms with Crippen molar-refractivity contribution in [1.29, 1.82) is 0 Å². The quantitative estimate of drug-likeness (QED) is 0.770. The highest BCUT2D eigenvalue weighted by Crippen LogP contribution is 2.41. The molecule has 3 aliphatic heterocycles. The van der Waals surface area contributed by atoms with E-state index in [-0.39, 0.29) is 37.0 Å². The van der Waals surface area contributed by atoms with E-state index in [0.717, 1.165) is 12.0 Å². The van der Waals surface area contributed by atoms with Gasteiger partial charge >= 0.3 is 0 Å². The summed E-state index contributed by atoms with van der Waals surface area (Å²) in [7, 11) is 1.65.